The second-order valence-electron chi connectivity index (χ2n) is 4.65. The smallest absolute Gasteiger partial charge is 0.261 e. The molecule has 0 unspecified atom stereocenters. The Morgan fingerprint density at radius 2 is 1.76 bits per heavy atom. The normalized spacial score (nSPS) is 13.0. The molecule has 2 aromatic carbocycles. The van der Waals surface area contributed by atoms with E-state index in [0.717, 1.165) is 0 Å². The first-order chi connectivity index (χ1) is 10.1. The number of imide groups is 1. The number of anilines is 1. The topological polar surface area (TPSA) is 98.7 Å². The highest BCUT2D eigenvalue weighted by Crippen LogP contribution is 2.30. The molecule has 0 atom stereocenters. The van der Waals surface area contributed by atoms with Crippen molar-refractivity contribution in [2.75, 3.05) is 5.32 Å². The quantitative estimate of drug-likeness (QED) is 0.507. The summed E-state index contributed by atoms with van der Waals surface area (Å²) < 4.78 is 0. The molecule has 1 aliphatic heterocycles. The lowest BCUT2D eigenvalue weighted by Gasteiger charge is -2.11. The minimum atomic E-state index is -0.446. The number of phenolic OH excluding ortho intramolecular Hbond substituents is 2. The van der Waals surface area contributed by atoms with E-state index >= 15 is 0 Å². The molecule has 106 valence electrons. The Morgan fingerprint density at radius 1 is 1.00 bits per heavy atom. The van der Waals surface area contributed by atoms with Crippen LogP contribution < -0.4 is 10.6 Å². The fraction of sp³-hybridized carbons (Fsp3) is 0.0667. The van der Waals surface area contributed by atoms with E-state index in [1.165, 1.54) is 6.07 Å². The van der Waals surface area contributed by atoms with Crippen molar-refractivity contribution < 1.29 is 19.8 Å². The van der Waals surface area contributed by atoms with Crippen LogP contribution in [-0.4, -0.2) is 22.0 Å². The Morgan fingerprint density at radius 3 is 2.57 bits per heavy atom. The highest BCUT2D eigenvalue weighted by Gasteiger charge is 2.29. The summed E-state index contributed by atoms with van der Waals surface area (Å²) in [5.74, 6) is -1.28. The highest BCUT2D eigenvalue weighted by atomic mass is 16.3. The van der Waals surface area contributed by atoms with E-state index in [-0.39, 0.29) is 18.0 Å². The lowest BCUT2D eigenvalue weighted by atomic mass is 10.1. The van der Waals surface area contributed by atoms with Crippen LogP contribution in [-0.2, 0) is 6.54 Å². The molecule has 2 aromatic rings. The number of carbonyl (C=O) groups is 2. The minimum absolute atomic E-state index is 0.207. The lowest BCUT2D eigenvalue weighted by Crippen LogP contribution is -2.20. The van der Waals surface area contributed by atoms with Gasteiger partial charge < -0.3 is 15.5 Å². The van der Waals surface area contributed by atoms with Gasteiger partial charge in [-0.05, 0) is 18.2 Å². The number of hydrogen-bond donors (Lipinski definition) is 4. The Balaban J connectivity index is 1.89. The van der Waals surface area contributed by atoms with E-state index in [2.05, 4.69) is 10.6 Å². The van der Waals surface area contributed by atoms with Crippen LogP contribution in [0.25, 0.3) is 0 Å². The zero-order chi connectivity index (χ0) is 15.0. The van der Waals surface area contributed by atoms with Crippen molar-refractivity contribution in [3.63, 3.8) is 0 Å². The summed E-state index contributed by atoms with van der Waals surface area (Å²) in [6.45, 7) is 0.207. The number of carbonyl (C=O) groups excluding carboxylic acids is 2. The van der Waals surface area contributed by atoms with Gasteiger partial charge in [-0.1, -0.05) is 18.2 Å². The maximum absolute atomic E-state index is 11.8. The second kappa shape index (κ2) is 4.82. The Labute approximate surface area is 120 Å². The monoisotopic (exact) mass is 284 g/mol. The van der Waals surface area contributed by atoms with Gasteiger partial charge in [0.05, 0.1) is 11.1 Å². The molecule has 0 radical (unpaired) electrons. The summed E-state index contributed by atoms with van der Waals surface area (Å²) in [6.07, 6.45) is 0. The van der Waals surface area contributed by atoms with Gasteiger partial charge in [-0.25, -0.2) is 0 Å². The lowest BCUT2D eigenvalue weighted by molar-refractivity contribution is 0.0880. The standard InChI is InChI=1S/C15H12N2O4/c18-11-6-1-3-8(13(11)19)7-16-10-5-2-4-9-12(10)15(21)17-14(9)20/h1-6,16,18-19H,7H2,(H,17,20,21). The van der Waals surface area contributed by atoms with E-state index in [9.17, 15) is 19.8 Å². The average Bonchev–Trinajstić information content (AvgIpc) is 2.76. The fourth-order valence-corrected chi connectivity index (χ4v) is 2.28. The molecule has 0 aliphatic carbocycles. The summed E-state index contributed by atoms with van der Waals surface area (Å²) in [5, 5.41) is 24.4. The Kier molecular flexibility index (Phi) is 2.98. The van der Waals surface area contributed by atoms with Gasteiger partial charge in [0.15, 0.2) is 11.5 Å². The molecule has 1 heterocycles. The fourth-order valence-electron chi connectivity index (χ4n) is 2.28. The van der Waals surface area contributed by atoms with Gasteiger partial charge in [0.1, 0.15) is 0 Å². The first-order valence-electron chi connectivity index (χ1n) is 6.30. The molecular weight excluding hydrogens is 272 g/mol. The van der Waals surface area contributed by atoms with Crippen molar-refractivity contribution in [1.29, 1.82) is 0 Å². The summed E-state index contributed by atoms with van der Waals surface area (Å²) in [7, 11) is 0. The molecule has 0 fully saturated rings. The SMILES string of the molecule is O=C1NC(=O)c2c(NCc3cccc(O)c3O)cccc21. The average molecular weight is 284 g/mol. The summed E-state index contributed by atoms with van der Waals surface area (Å²) in [6, 6.07) is 9.56. The van der Waals surface area contributed by atoms with Crippen molar-refractivity contribution in [3.05, 3.63) is 53.1 Å². The Hall–Kier alpha value is -3.02. The third-order valence-electron chi connectivity index (χ3n) is 3.33. The minimum Gasteiger partial charge on any atom is -0.504 e. The summed E-state index contributed by atoms with van der Waals surface area (Å²) in [4.78, 5) is 23.3. The number of aromatic hydroxyl groups is 2. The highest BCUT2D eigenvalue weighted by molar-refractivity contribution is 6.23. The van der Waals surface area contributed by atoms with Crippen LogP contribution >= 0.6 is 0 Å². The third kappa shape index (κ3) is 2.16. The zero-order valence-corrected chi connectivity index (χ0v) is 10.9. The van der Waals surface area contributed by atoms with Gasteiger partial charge in [0.2, 0.25) is 0 Å². The molecule has 0 bridgehead atoms. The van der Waals surface area contributed by atoms with Crippen LogP contribution in [0.5, 0.6) is 11.5 Å². The predicted octanol–water partition coefficient (Wildman–Crippen LogP) is 1.59. The van der Waals surface area contributed by atoms with Crippen molar-refractivity contribution in [2.24, 2.45) is 0 Å². The van der Waals surface area contributed by atoms with Gasteiger partial charge in [-0.3, -0.25) is 14.9 Å². The van der Waals surface area contributed by atoms with Crippen molar-refractivity contribution >= 4 is 17.5 Å². The van der Waals surface area contributed by atoms with Gasteiger partial charge >= 0.3 is 0 Å². The number of hydrogen-bond acceptors (Lipinski definition) is 5. The summed E-state index contributed by atoms with van der Waals surface area (Å²) in [5.41, 5.74) is 1.60. The van der Waals surface area contributed by atoms with E-state index in [1.807, 2.05) is 0 Å². The first-order valence-corrected chi connectivity index (χ1v) is 6.30. The van der Waals surface area contributed by atoms with E-state index in [4.69, 9.17) is 0 Å². The second-order valence-corrected chi connectivity index (χ2v) is 4.65. The third-order valence-corrected chi connectivity index (χ3v) is 3.33. The van der Waals surface area contributed by atoms with Crippen LogP contribution in [0, 0.1) is 0 Å². The molecule has 6 heteroatoms. The molecule has 0 saturated heterocycles. The van der Waals surface area contributed by atoms with E-state index in [0.29, 0.717) is 22.4 Å². The van der Waals surface area contributed by atoms with Crippen LogP contribution in [0.2, 0.25) is 0 Å². The molecule has 0 saturated carbocycles. The number of benzene rings is 2. The number of fused-ring (bicyclic) bond motifs is 1. The van der Waals surface area contributed by atoms with Crippen LogP contribution in [0.1, 0.15) is 26.3 Å². The maximum Gasteiger partial charge on any atom is 0.261 e. The van der Waals surface area contributed by atoms with Gasteiger partial charge in [-0.15, -0.1) is 0 Å². The predicted molar refractivity (Wildman–Crippen MR) is 75.3 cm³/mol. The zero-order valence-electron chi connectivity index (χ0n) is 10.9. The first kappa shape index (κ1) is 13.0. The Bertz CT molecular complexity index is 755. The number of amides is 2. The number of nitrogens with one attached hydrogen (secondary N) is 2. The molecule has 4 N–H and O–H groups in total. The molecule has 1 aliphatic rings. The van der Waals surface area contributed by atoms with Crippen LogP contribution in [0.3, 0.4) is 0 Å². The van der Waals surface area contributed by atoms with E-state index < -0.39 is 11.8 Å². The van der Waals surface area contributed by atoms with Crippen molar-refractivity contribution in [3.8, 4) is 11.5 Å². The molecule has 6 nitrogen and oxygen atoms in total. The van der Waals surface area contributed by atoms with Gasteiger partial charge in [0, 0.05) is 17.8 Å². The maximum atomic E-state index is 11.8. The van der Waals surface area contributed by atoms with Gasteiger partial charge in [0.25, 0.3) is 11.8 Å². The van der Waals surface area contributed by atoms with Crippen molar-refractivity contribution in [2.45, 2.75) is 6.54 Å². The molecule has 0 aromatic heterocycles. The van der Waals surface area contributed by atoms with Crippen LogP contribution in [0.4, 0.5) is 5.69 Å². The molecule has 0 spiro atoms. The molecule has 21 heavy (non-hydrogen) atoms. The number of rotatable bonds is 3. The van der Waals surface area contributed by atoms with Crippen LogP contribution in [0.15, 0.2) is 36.4 Å². The van der Waals surface area contributed by atoms with E-state index in [1.54, 1.807) is 30.3 Å². The number of para-hydroxylation sites is 1. The number of phenols is 2. The molecule has 2 amide bonds. The summed E-state index contributed by atoms with van der Waals surface area (Å²) >= 11 is 0. The molecule has 3 rings (SSSR count). The van der Waals surface area contributed by atoms with Crippen molar-refractivity contribution in [1.82, 2.24) is 5.32 Å². The van der Waals surface area contributed by atoms with Gasteiger partial charge in [-0.2, -0.15) is 0 Å². The largest absolute Gasteiger partial charge is 0.504 e. The molecular formula is C15H12N2O4.